The molecule has 0 aliphatic heterocycles. The molecule has 1 aromatic heterocycles. The lowest BCUT2D eigenvalue weighted by molar-refractivity contribution is -0.145. The number of hydrogen-bond acceptors (Lipinski definition) is 7. The van der Waals surface area contributed by atoms with Gasteiger partial charge in [0.25, 0.3) is 0 Å². The Bertz CT molecular complexity index is 1150. The molecule has 2 rings (SSSR count). The zero-order chi connectivity index (χ0) is 27.9. The summed E-state index contributed by atoms with van der Waals surface area (Å²) in [6.07, 6.45) is -0.429. The van der Waals surface area contributed by atoms with E-state index in [2.05, 4.69) is 20.9 Å². The SMILES string of the molecule is CC(C)C(NC(=O)C(N)CC(=O)O)C(=O)NC(Cc1c[nH]c2ccccc12)C(=O)NC(C(=O)O)C(C)O. The van der Waals surface area contributed by atoms with Crippen molar-refractivity contribution in [3.8, 4) is 0 Å². The summed E-state index contributed by atoms with van der Waals surface area (Å²) in [7, 11) is 0. The van der Waals surface area contributed by atoms with Crippen LogP contribution in [0.1, 0.15) is 32.8 Å². The predicted molar refractivity (Wildman–Crippen MR) is 132 cm³/mol. The number of nitrogens with one attached hydrogen (secondary N) is 4. The van der Waals surface area contributed by atoms with Gasteiger partial charge >= 0.3 is 11.9 Å². The van der Waals surface area contributed by atoms with Gasteiger partial charge < -0.3 is 42.0 Å². The number of aliphatic carboxylic acids is 2. The molecule has 0 radical (unpaired) electrons. The van der Waals surface area contributed by atoms with E-state index in [9.17, 15) is 34.2 Å². The minimum Gasteiger partial charge on any atom is -0.481 e. The number of aromatic amines is 1. The van der Waals surface area contributed by atoms with Crippen molar-refractivity contribution in [3.63, 3.8) is 0 Å². The number of aliphatic hydroxyl groups excluding tert-OH is 1. The second-order valence-electron chi connectivity index (χ2n) is 9.12. The minimum absolute atomic E-state index is 0.0367. The summed E-state index contributed by atoms with van der Waals surface area (Å²) in [5, 5.41) is 36.0. The molecular weight excluding hydrogens is 486 g/mol. The highest BCUT2D eigenvalue weighted by Gasteiger charge is 2.33. The van der Waals surface area contributed by atoms with E-state index in [4.69, 9.17) is 10.8 Å². The van der Waals surface area contributed by atoms with Crippen LogP contribution in [0.15, 0.2) is 30.5 Å². The van der Waals surface area contributed by atoms with Gasteiger partial charge in [0.05, 0.1) is 18.6 Å². The first-order valence-electron chi connectivity index (χ1n) is 11.7. The number of hydrogen-bond donors (Lipinski definition) is 8. The third kappa shape index (κ3) is 8.02. The van der Waals surface area contributed by atoms with E-state index >= 15 is 0 Å². The lowest BCUT2D eigenvalue weighted by atomic mass is 10.00. The molecule has 0 fully saturated rings. The zero-order valence-corrected chi connectivity index (χ0v) is 20.7. The van der Waals surface area contributed by atoms with Gasteiger partial charge in [0.2, 0.25) is 17.7 Å². The first-order chi connectivity index (χ1) is 17.3. The Labute approximate surface area is 212 Å². The average Bonchev–Trinajstić information content (AvgIpc) is 3.21. The summed E-state index contributed by atoms with van der Waals surface area (Å²) in [4.78, 5) is 64.1. The number of aliphatic hydroxyl groups is 1. The first kappa shape index (κ1) is 29.3. The van der Waals surface area contributed by atoms with Crippen LogP contribution >= 0.6 is 0 Å². The summed E-state index contributed by atoms with van der Waals surface area (Å²) < 4.78 is 0. The Morgan fingerprint density at radius 2 is 1.54 bits per heavy atom. The van der Waals surface area contributed by atoms with Crippen LogP contribution in [0.4, 0.5) is 0 Å². The highest BCUT2D eigenvalue weighted by atomic mass is 16.4. The van der Waals surface area contributed by atoms with E-state index in [1.807, 2.05) is 18.2 Å². The van der Waals surface area contributed by atoms with Crippen LogP contribution in [0.3, 0.4) is 0 Å². The van der Waals surface area contributed by atoms with Crippen LogP contribution in [0.25, 0.3) is 10.9 Å². The number of nitrogens with two attached hydrogens (primary N) is 1. The third-order valence-corrected chi connectivity index (χ3v) is 5.76. The molecule has 0 saturated carbocycles. The number of rotatable bonds is 13. The number of amides is 3. The summed E-state index contributed by atoms with van der Waals surface area (Å²) in [5.41, 5.74) is 7.05. The smallest absolute Gasteiger partial charge is 0.328 e. The molecular formula is C24H33N5O8. The lowest BCUT2D eigenvalue weighted by Gasteiger charge is -2.27. The van der Waals surface area contributed by atoms with Gasteiger partial charge in [-0.15, -0.1) is 0 Å². The maximum absolute atomic E-state index is 13.2. The van der Waals surface area contributed by atoms with Crippen molar-refractivity contribution in [2.24, 2.45) is 11.7 Å². The van der Waals surface area contributed by atoms with E-state index in [0.29, 0.717) is 5.56 Å². The van der Waals surface area contributed by atoms with Crippen molar-refractivity contribution in [2.75, 3.05) is 0 Å². The second-order valence-corrected chi connectivity index (χ2v) is 9.12. The summed E-state index contributed by atoms with van der Waals surface area (Å²) >= 11 is 0. The van der Waals surface area contributed by atoms with Gasteiger partial charge in [-0.3, -0.25) is 19.2 Å². The molecule has 13 heteroatoms. The standard InChI is InChI=1S/C24H33N5O8/c1-11(2)19(28-21(33)15(25)9-18(31)32)23(35)27-17(22(34)29-20(12(3)30)24(36)37)8-13-10-26-16-7-5-4-6-14(13)16/h4-7,10-12,15,17,19-20,26,30H,8-9,25H2,1-3H3,(H,27,35)(H,28,33)(H,29,34)(H,31,32)(H,36,37). The molecule has 5 unspecified atom stereocenters. The molecule has 3 amide bonds. The highest BCUT2D eigenvalue weighted by molar-refractivity contribution is 5.95. The van der Waals surface area contributed by atoms with Crippen molar-refractivity contribution in [1.82, 2.24) is 20.9 Å². The van der Waals surface area contributed by atoms with E-state index in [-0.39, 0.29) is 6.42 Å². The van der Waals surface area contributed by atoms with Crippen molar-refractivity contribution >= 4 is 40.6 Å². The Morgan fingerprint density at radius 1 is 0.919 bits per heavy atom. The predicted octanol–water partition coefficient (Wildman–Crippen LogP) is -0.912. The van der Waals surface area contributed by atoms with Crippen LogP contribution in [0.2, 0.25) is 0 Å². The average molecular weight is 520 g/mol. The van der Waals surface area contributed by atoms with Crippen molar-refractivity contribution in [2.45, 2.75) is 63.9 Å². The molecule has 2 aromatic rings. The monoisotopic (exact) mass is 519 g/mol. The van der Waals surface area contributed by atoms with Crippen LogP contribution in [-0.4, -0.2) is 80.2 Å². The second kappa shape index (κ2) is 12.8. The number of carboxylic acid groups (broad SMARTS) is 2. The van der Waals surface area contributed by atoms with Crippen molar-refractivity contribution in [1.29, 1.82) is 0 Å². The van der Waals surface area contributed by atoms with Gasteiger partial charge in [0, 0.05) is 23.5 Å². The quantitative estimate of drug-likeness (QED) is 0.164. The maximum atomic E-state index is 13.2. The Morgan fingerprint density at radius 3 is 2.11 bits per heavy atom. The molecule has 1 aromatic carbocycles. The fraction of sp³-hybridized carbons (Fsp3) is 0.458. The number of H-pyrrole nitrogens is 1. The highest BCUT2D eigenvalue weighted by Crippen LogP contribution is 2.19. The van der Waals surface area contributed by atoms with Gasteiger partial charge in [-0.2, -0.15) is 0 Å². The maximum Gasteiger partial charge on any atom is 0.328 e. The van der Waals surface area contributed by atoms with Crippen LogP contribution < -0.4 is 21.7 Å². The number of carboxylic acids is 2. The number of aromatic nitrogens is 1. The molecule has 0 spiro atoms. The number of para-hydroxylation sites is 1. The molecule has 0 saturated heterocycles. The molecule has 1 heterocycles. The van der Waals surface area contributed by atoms with Crippen LogP contribution in [0, 0.1) is 5.92 Å². The third-order valence-electron chi connectivity index (χ3n) is 5.76. The van der Waals surface area contributed by atoms with E-state index < -0.39 is 72.3 Å². The number of benzene rings is 1. The van der Waals surface area contributed by atoms with E-state index in [1.54, 1.807) is 26.1 Å². The van der Waals surface area contributed by atoms with E-state index in [0.717, 1.165) is 10.9 Å². The molecule has 202 valence electrons. The number of carbonyl (C=O) groups is 5. The molecule has 0 aliphatic rings. The Hall–Kier alpha value is -3.97. The summed E-state index contributed by atoms with van der Waals surface area (Å²) in [5.74, 6) is -5.68. The van der Waals surface area contributed by atoms with E-state index in [1.165, 1.54) is 6.92 Å². The molecule has 9 N–H and O–H groups in total. The Balaban J connectivity index is 2.31. The molecule has 5 atom stereocenters. The minimum atomic E-state index is -1.62. The fourth-order valence-electron chi connectivity index (χ4n) is 3.71. The van der Waals surface area contributed by atoms with Crippen LogP contribution in [0.5, 0.6) is 0 Å². The number of carbonyl (C=O) groups excluding carboxylic acids is 3. The summed E-state index contributed by atoms with van der Waals surface area (Å²) in [6.45, 7) is 4.47. The lowest BCUT2D eigenvalue weighted by Crippen LogP contribution is -2.59. The van der Waals surface area contributed by atoms with Gasteiger partial charge in [-0.25, -0.2) is 4.79 Å². The van der Waals surface area contributed by atoms with Gasteiger partial charge in [0.15, 0.2) is 6.04 Å². The first-order valence-corrected chi connectivity index (χ1v) is 11.7. The molecule has 13 nitrogen and oxygen atoms in total. The largest absolute Gasteiger partial charge is 0.481 e. The molecule has 0 bridgehead atoms. The molecule has 0 aliphatic carbocycles. The fourth-order valence-corrected chi connectivity index (χ4v) is 3.71. The Kier molecular flexibility index (Phi) is 10.1. The van der Waals surface area contributed by atoms with Crippen LogP contribution in [-0.2, 0) is 30.4 Å². The van der Waals surface area contributed by atoms with Gasteiger partial charge in [0.1, 0.15) is 12.1 Å². The van der Waals surface area contributed by atoms with Crippen molar-refractivity contribution < 1.29 is 39.3 Å². The summed E-state index contributed by atoms with van der Waals surface area (Å²) in [6, 6.07) is 1.80. The van der Waals surface area contributed by atoms with Gasteiger partial charge in [-0.1, -0.05) is 32.0 Å². The molecule has 37 heavy (non-hydrogen) atoms. The zero-order valence-electron chi connectivity index (χ0n) is 20.7. The van der Waals surface area contributed by atoms with Gasteiger partial charge in [-0.05, 0) is 24.5 Å². The normalized spacial score (nSPS) is 15.3. The topological polar surface area (TPSA) is 224 Å². The van der Waals surface area contributed by atoms with Crippen molar-refractivity contribution in [3.05, 3.63) is 36.0 Å². The number of fused-ring (bicyclic) bond motifs is 1.